The molecule has 126 valence electrons. The summed E-state index contributed by atoms with van der Waals surface area (Å²) in [6.45, 7) is 10.1. The topological polar surface area (TPSA) is 32.8 Å². The van der Waals surface area contributed by atoms with E-state index in [0.29, 0.717) is 6.04 Å². The van der Waals surface area contributed by atoms with Gasteiger partial charge in [0, 0.05) is 37.8 Å². The van der Waals surface area contributed by atoms with E-state index in [1.165, 1.54) is 0 Å². The summed E-state index contributed by atoms with van der Waals surface area (Å²) in [5.41, 5.74) is 1.96. The quantitative estimate of drug-likeness (QED) is 0.859. The van der Waals surface area contributed by atoms with E-state index in [4.69, 9.17) is 4.74 Å². The van der Waals surface area contributed by atoms with Crippen LogP contribution < -0.4 is 0 Å². The number of likely N-dealkylation sites (tertiary alicyclic amines) is 1. The van der Waals surface area contributed by atoms with Crippen molar-refractivity contribution < 1.29 is 9.53 Å². The number of hydrogen-bond donors (Lipinski definition) is 0. The second-order valence-corrected chi connectivity index (χ2v) is 7.14. The molecule has 0 bridgehead atoms. The number of ether oxygens (including phenoxy) is 1. The first-order valence-electron chi connectivity index (χ1n) is 8.78. The average molecular weight is 316 g/mol. The van der Waals surface area contributed by atoms with Gasteiger partial charge in [0.25, 0.3) is 5.91 Å². The molecule has 1 amide bonds. The summed E-state index contributed by atoms with van der Waals surface area (Å²) in [6.07, 6.45) is 2.78. The van der Waals surface area contributed by atoms with Crippen LogP contribution in [0.3, 0.4) is 0 Å². The number of nitrogens with zero attached hydrogens (tertiary/aromatic N) is 2. The van der Waals surface area contributed by atoms with Crippen LogP contribution in [0.1, 0.15) is 42.6 Å². The molecule has 0 aliphatic carbocycles. The van der Waals surface area contributed by atoms with Crippen molar-refractivity contribution in [2.75, 3.05) is 26.2 Å². The van der Waals surface area contributed by atoms with Crippen LogP contribution in [-0.4, -0.2) is 60.1 Å². The number of carbonyl (C=O) groups excluding carboxylic acids is 1. The minimum Gasteiger partial charge on any atom is -0.373 e. The van der Waals surface area contributed by atoms with Crippen LogP contribution >= 0.6 is 0 Å². The third kappa shape index (κ3) is 3.93. The van der Waals surface area contributed by atoms with E-state index in [2.05, 4.69) is 23.6 Å². The fourth-order valence-corrected chi connectivity index (χ4v) is 3.97. The van der Waals surface area contributed by atoms with E-state index in [1.54, 1.807) is 0 Å². The Balaban J connectivity index is 1.66. The van der Waals surface area contributed by atoms with Crippen molar-refractivity contribution in [2.24, 2.45) is 0 Å². The van der Waals surface area contributed by atoms with Gasteiger partial charge in [0.1, 0.15) is 0 Å². The standard InChI is InChI=1S/C19H28N2O2/c1-14-6-4-7-17(10-14)19(22)21-9-5-8-18(21)13-20-11-15(2)23-16(3)12-20/h4,6-7,10,15-16,18H,5,8-9,11-13H2,1-3H3/t15-,16+,18-/m1/s1. The fraction of sp³-hybridized carbons (Fsp3) is 0.632. The molecule has 0 aromatic heterocycles. The van der Waals surface area contributed by atoms with Crippen molar-refractivity contribution in [2.45, 2.75) is 51.9 Å². The van der Waals surface area contributed by atoms with Gasteiger partial charge in [-0.15, -0.1) is 0 Å². The lowest BCUT2D eigenvalue weighted by Crippen LogP contribution is -2.50. The summed E-state index contributed by atoms with van der Waals surface area (Å²) in [7, 11) is 0. The maximum absolute atomic E-state index is 12.9. The van der Waals surface area contributed by atoms with Gasteiger partial charge < -0.3 is 9.64 Å². The molecule has 2 fully saturated rings. The third-order valence-electron chi connectivity index (χ3n) is 4.87. The zero-order chi connectivity index (χ0) is 16.4. The zero-order valence-electron chi connectivity index (χ0n) is 14.5. The molecule has 4 nitrogen and oxygen atoms in total. The van der Waals surface area contributed by atoms with Gasteiger partial charge in [0.15, 0.2) is 0 Å². The molecule has 4 heteroatoms. The molecule has 3 atom stereocenters. The molecule has 23 heavy (non-hydrogen) atoms. The predicted molar refractivity (Wildman–Crippen MR) is 91.7 cm³/mol. The Morgan fingerprint density at radius 2 is 2.00 bits per heavy atom. The highest BCUT2D eigenvalue weighted by molar-refractivity contribution is 5.94. The van der Waals surface area contributed by atoms with Crippen LogP contribution in [-0.2, 0) is 4.74 Å². The lowest BCUT2D eigenvalue weighted by Gasteiger charge is -2.38. The van der Waals surface area contributed by atoms with Gasteiger partial charge in [-0.25, -0.2) is 0 Å². The van der Waals surface area contributed by atoms with E-state index in [0.717, 1.165) is 50.1 Å². The summed E-state index contributed by atoms with van der Waals surface area (Å²) in [4.78, 5) is 17.4. The zero-order valence-corrected chi connectivity index (χ0v) is 14.5. The Labute approximate surface area is 139 Å². The lowest BCUT2D eigenvalue weighted by atomic mass is 10.1. The monoisotopic (exact) mass is 316 g/mol. The highest BCUT2D eigenvalue weighted by Crippen LogP contribution is 2.23. The number of benzene rings is 1. The van der Waals surface area contributed by atoms with Crippen LogP contribution in [0.5, 0.6) is 0 Å². The number of carbonyl (C=O) groups is 1. The summed E-state index contributed by atoms with van der Waals surface area (Å²) >= 11 is 0. The van der Waals surface area contributed by atoms with E-state index in [9.17, 15) is 4.79 Å². The Kier molecular flexibility index (Phi) is 5.02. The molecule has 0 unspecified atom stereocenters. The van der Waals surface area contributed by atoms with Gasteiger partial charge in [0.2, 0.25) is 0 Å². The van der Waals surface area contributed by atoms with Crippen LogP contribution in [0.2, 0.25) is 0 Å². The number of morpholine rings is 1. The SMILES string of the molecule is Cc1cccc(C(=O)N2CCC[C@@H]2CN2C[C@@H](C)O[C@@H](C)C2)c1. The van der Waals surface area contributed by atoms with E-state index >= 15 is 0 Å². The molecular formula is C19H28N2O2. The van der Waals surface area contributed by atoms with Crippen molar-refractivity contribution in [3.63, 3.8) is 0 Å². The first-order valence-corrected chi connectivity index (χ1v) is 8.78. The highest BCUT2D eigenvalue weighted by Gasteiger charge is 2.32. The van der Waals surface area contributed by atoms with Crippen molar-refractivity contribution >= 4 is 5.91 Å². The molecule has 2 aliphatic rings. The van der Waals surface area contributed by atoms with Gasteiger partial charge >= 0.3 is 0 Å². The number of aryl methyl sites for hydroxylation is 1. The molecule has 1 aromatic rings. The minimum atomic E-state index is 0.186. The Morgan fingerprint density at radius 3 is 2.70 bits per heavy atom. The van der Waals surface area contributed by atoms with Gasteiger partial charge in [0.05, 0.1) is 12.2 Å². The van der Waals surface area contributed by atoms with Crippen LogP contribution in [0.25, 0.3) is 0 Å². The minimum absolute atomic E-state index is 0.186. The molecule has 0 radical (unpaired) electrons. The highest BCUT2D eigenvalue weighted by atomic mass is 16.5. The molecule has 2 saturated heterocycles. The maximum Gasteiger partial charge on any atom is 0.254 e. The molecule has 0 N–H and O–H groups in total. The van der Waals surface area contributed by atoms with Crippen LogP contribution in [0.4, 0.5) is 0 Å². The number of amides is 1. The maximum atomic E-state index is 12.9. The van der Waals surface area contributed by atoms with Crippen molar-refractivity contribution in [1.29, 1.82) is 0 Å². The Morgan fingerprint density at radius 1 is 1.26 bits per heavy atom. The smallest absolute Gasteiger partial charge is 0.254 e. The molecule has 0 saturated carbocycles. The molecule has 3 rings (SSSR count). The molecule has 2 aliphatic heterocycles. The molecule has 0 spiro atoms. The summed E-state index contributed by atoms with van der Waals surface area (Å²) in [5.74, 6) is 0.186. The van der Waals surface area contributed by atoms with E-state index in [-0.39, 0.29) is 18.1 Å². The fourth-order valence-electron chi connectivity index (χ4n) is 3.97. The first kappa shape index (κ1) is 16.5. The van der Waals surface area contributed by atoms with Gasteiger partial charge in [-0.1, -0.05) is 17.7 Å². The summed E-state index contributed by atoms with van der Waals surface area (Å²) in [6, 6.07) is 8.27. The van der Waals surface area contributed by atoms with Crippen molar-refractivity contribution in [3.05, 3.63) is 35.4 Å². The van der Waals surface area contributed by atoms with Gasteiger partial charge in [-0.2, -0.15) is 0 Å². The first-order chi connectivity index (χ1) is 11.0. The summed E-state index contributed by atoms with van der Waals surface area (Å²) < 4.78 is 5.82. The van der Waals surface area contributed by atoms with Crippen LogP contribution in [0, 0.1) is 6.92 Å². The Bertz CT molecular complexity index is 550. The third-order valence-corrected chi connectivity index (χ3v) is 4.87. The molecule has 2 heterocycles. The predicted octanol–water partition coefficient (Wildman–Crippen LogP) is 2.71. The van der Waals surface area contributed by atoms with E-state index < -0.39 is 0 Å². The number of rotatable bonds is 3. The average Bonchev–Trinajstić information content (AvgIpc) is 2.93. The van der Waals surface area contributed by atoms with Crippen LogP contribution in [0.15, 0.2) is 24.3 Å². The second kappa shape index (κ2) is 7.02. The number of hydrogen-bond acceptors (Lipinski definition) is 3. The largest absolute Gasteiger partial charge is 0.373 e. The van der Waals surface area contributed by atoms with Gasteiger partial charge in [-0.3, -0.25) is 9.69 Å². The second-order valence-electron chi connectivity index (χ2n) is 7.14. The van der Waals surface area contributed by atoms with Crippen molar-refractivity contribution in [1.82, 2.24) is 9.80 Å². The van der Waals surface area contributed by atoms with Gasteiger partial charge in [-0.05, 0) is 45.7 Å². The molecule has 1 aromatic carbocycles. The Hall–Kier alpha value is -1.39. The lowest BCUT2D eigenvalue weighted by molar-refractivity contribution is -0.0715. The molecular weight excluding hydrogens is 288 g/mol. The summed E-state index contributed by atoms with van der Waals surface area (Å²) in [5, 5.41) is 0. The van der Waals surface area contributed by atoms with E-state index in [1.807, 2.05) is 31.2 Å². The van der Waals surface area contributed by atoms with Crippen molar-refractivity contribution in [3.8, 4) is 0 Å². The normalized spacial score (nSPS) is 29.0.